The first-order chi connectivity index (χ1) is 13.0. The van der Waals surface area contributed by atoms with Gasteiger partial charge in [0.05, 0.1) is 5.97 Å². The molecule has 0 saturated carbocycles. The zero-order valence-electron chi connectivity index (χ0n) is 20.6. The molecule has 4 atom stereocenters. The van der Waals surface area contributed by atoms with Gasteiger partial charge in [0.25, 0.3) is 0 Å². The molecule has 0 aliphatic carbocycles. The molecule has 0 aromatic carbocycles. The number of hydrogen-bond donors (Lipinski definition) is 0. The number of rotatable bonds is 16. The molecule has 0 fully saturated rings. The Balaban J connectivity index is -0.00000121. The van der Waals surface area contributed by atoms with Crippen molar-refractivity contribution in [3.63, 3.8) is 0 Å². The van der Waals surface area contributed by atoms with Crippen LogP contribution in [0.15, 0.2) is 0 Å². The Bertz CT molecular complexity index is 602. The van der Waals surface area contributed by atoms with Crippen LogP contribution in [-0.2, 0) is 19.7 Å². The van der Waals surface area contributed by atoms with E-state index < -0.39 is 45.1 Å². The van der Waals surface area contributed by atoms with Gasteiger partial charge in [0.2, 0.25) is 0 Å². The normalized spacial score (nSPS) is 15.8. The first kappa shape index (κ1) is 40.0. The average Bonchev–Trinajstić information content (AvgIpc) is 2.61. The van der Waals surface area contributed by atoms with Crippen LogP contribution in [0.1, 0.15) is 91.9 Å². The van der Waals surface area contributed by atoms with Gasteiger partial charge in [-0.15, -0.1) is 0 Å². The number of carboxylic acids is 2. The smallest absolute Gasteiger partial charge is 0.747 e. The monoisotopic (exact) mass is 488 g/mol. The summed E-state index contributed by atoms with van der Waals surface area (Å²) in [6, 6.07) is 0. The van der Waals surface area contributed by atoms with Crippen LogP contribution in [0.3, 0.4) is 0 Å². The van der Waals surface area contributed by atoms with Crippen LogP contribution in [0, 0.1) is 17.8 Å². The van der Waals surface area contributed by atoms with E-state index in [1.807, 2.05) is 20.8 Å². The second-order valence-electron chi connectivity index (χ2n) is 7.78. The van der Waals surface area contributed by atoms with Crippen molar-refractivity contribution < 1.29 is 121 Å². The molecule has 31 heavy (non-hydrogen) atoms. The number of aliphatic carboxylic acids is 2. The summed E-state index contributed by atoms with van der Waals surface area (Å²) in [6.45, 7) is 7.50. The van der Waals surface area contributed by atoms with Crippen LogP contribution in [0.25, 0.3) is 0 Å². The van der Waals surface area contributed by atoms with Crippen molar-refractivity contribution in [2.24, 2.45) is 17.8 Å². The Morgan fingerprint density at radius 1 is 0.839 bits per heavy atom. The van der Waals surface area contributed by atoms with Crippen molar-refractivity contribution in [1.82, 2.24) is 0 Å². The van der Waals surface area contributed by atoms with E-state index in [1.165, 1.54) is 0 Å². The van der Waals surface area contributed by atoms with Crippen molar-refractivity contribution in [2.45, 2.75) is 96.7 Å². The predicted octanol–water partition coefficient (Wildman–Crippen LogP) is -7.39. The Labute approximate surface area is 254 Å². The van der Waals surface area contributed by atoms with Crippen LogP contribution >= 0.6 is 0 Å². The van der Waals surface area contributed by atoms with Crippen molar-refractivity contribution in [3.8, 4) is 0 Å². The molecule has 0 saturated heterocycles. The molecule has 7 nitrogen and oxygen atoms in total. The van der Waals surface area contributed by atoms with Gasteiger partial charge in [0, 0.05) is 11.9 Å². The Kier molecular flexibility index (Phi) is 25.9. The molecular weight excluding hydrogens is 453 g/mol. The van der Waals surface area contributed by atoms with E-state index in [2.05, 4.69) is 0 Å². The maximum atomic E-state index is 12.2. The minimum Gasteiger partial charge on any atom is -0.747 e. The zero-order chi connectivity index (χ0) is 22.0. The van der Waals surface area contributed by atoms with Gasteiger partial charge in [-0.3, -0.25) is 0 Å². The van der Waals surface area contributed by atoms with Gasteiger partial charge in [-0.2, -0.15) is 0 Å². The molecule has 0 spiro atoms. The summed E-state index contributed by atoms with van der Waals surface area (Å²) in [5.41, 5.74) is 0. The third kappa shape index (κ3) is 12.4. The number of hydrogen-bond acceptors (Lipinski definition) is 7. The molecule has 0 N–H and O–H groups in total. The maximum Gasteiger partial charge on any atom is 1.00 e. The quantitative estimate of drug-likeness (QED) is 0.155. The van der Waals surface area contributed by atoms with Crippen molar-refractivity contribution in [1.29, 1.82) is 0 Å². The molecule has 0 amide bonds. The van der Waals surface area contributed by atoms with Crippen molar-refractivity contribution in [3.05, 3.63) is 0 Å². The summed E-state index contributed by atoms with van der Waals surface area (Å²) in [4.78, 5) is 23.9. The fourth-order valence-corrected chi connectivity index (χ4v) is 5.09. The van der Waals surface area contributed by atoms with E-state index in [-0.39, 0.29) is 101 Å². The minimum absolute atomic E-state index is 0. The van der Waals surface area contributed by atoms with E-state index >= 15 is 0 Å². The van der Waals surface area contributed by atoms with E-state index in [0.29, 0.717) is 25.7 Å². The first-order valence-corrected chi connectivity index (χ1v) is 11.8. The molecule has 0 aliphatic heterocycles. The number of carbonyl (C=O) groups is 2. The van der Waals surface area contributed by atoms with Gasteiger partial charge in [-0.25, -0.2) is 8.42 Å². The fourth-order valence-electron chi connectivity index (χ4n) is 3.91. The number of unbranched alkanes of at least 4 members (excludes halogenated alkanes) is 2. The Morgan fingerprint density at radius 2 is 1.26 bits per heavy atom. The molecule has 0 bridgehead atoms. The van der Waals surface area contributed by atoms with E-state index in [4.69, 9.17) is 0 Å². The summed E-state index contributed by atoms with van der Waals surface area (Å²) in [5, 5.41) is 23.9. The summed E-state index contributed by atoms with van der Waals surface area (Å²) in [5.74, 6) is -6.49. The molecular formula is C20H35Na3O7S. The van der Waals surface area contributed by atoms with Crippen LogP contribution in [0.2, 0.25) is 0 Å². The van der Waals surface area contributed by atoms with Gasteiger partial charge in [-0.1, -0.05) is 79.1 Å². The number of carboxylic acid groups (broad SMARTS) is 2. The second kappa shape index (κ2) is 20.1. The topological polar surface area (TPSA) is 137 Å². The first-order valence-electron chi connectivity index (χ1n) is 10.4. The van der Waals surface area contributed by atoms with Crippen LogP contribution < -0.4 is 98.9 Å². The molecule has 0 aromatic heterocycles. The van der Waals surface area contributed by atoms with Gasteiger partial charge in [0.15, 0.2) is 0 Å². The Morgan fingerprint density at radius 3 is 1.55 bits per heavy atom. The van der Waals surface area contributed by atoms with Gasteiger partial charge in [0.1, 0.15) is 14.9 Å². The third-order valence-corrected chi connectivity index (χ3v) is 7.40. The average molecular weight is 489 g/mol. The third-order valence-electron chi connectivity index (χ3n) is 5.89. The molecule has 0 aromatic rings. The van der Waals surface area contributed by atoms with Crippen LogP contribution in [0.5, 0.6) is 0 Å². The fraction of sp³-hybridized carbons (Fsp3) is 0.900. The van der Waals surface area contributed by atoms with Crippen LogP contribution in [0.4, 0.5) is 0 Å². The molecule has 0 radical (unpaired) electrons. The van der Waals surface area contributed by atoms with E-state index in [1.54, 1.807) is 6.92 Å². The predicted molar refractivity (Wildman–Crippen MR) is 102 cm³/mol. The standard InChI is InChI=1S/C20H38O7S.3Na/c1-5-9-11-15(7-3)13-17(18(21)22)20(19(23)24,28(25,26)27)14-16(8-4)12-10-6-2;;;/h15-17H,5-14H2,1-4H3,(H,21,22)(H,23,24)(H,25,26,27);;;/q;3*+1/p-3. The van der Waals surface area contributed by atoms with Crippen LogP contribution in [-0.4, -0.2) is 29.7 Å². The Hall–Kier alpha value is 1.85. The number of carbonyl (C=O) groups excluding carboxylic acids is 2. The molecule has 0 aliphatic rings. The summed E-state index contributed by atoms with van der Waals surface area (Å²) in [6.07, 6.45) is 4.58. The minimum atomic E-state index is -5.51. The van der Waals surface area contributed by atoms with E-state index in [9.17, 15) is 32.8 Å². The molecule has 0 rings (SSSR count). The van der Waals surface area contributed by atoms with Crippen molar-refractivity contribution >= 4 is 22.1 Å². The largest absolute Gasteiger partial charge is 1.00 e. The summed E-state index contributed by atoms with van der Waals surface area (Å²) < 4.78 is 33.5. The molecule has 4 unspecified atom stereocenters. The second-order valence-corrected chi connectivity index (χ2v) is 9.41. The molecule has 166 valence electrons. The van der Waals surface area contributed by atoms with Gasteiger partial charge < -0.3 is 24.4 Å². The summed E-state index contributed by atoms with van der Waals surface area (Å²) in [7, 11) is -5.51. The van der Waals surface area contributed by atoms with Gasteiger partial charge in [-0.05, 0) is 24.7 Å². The SMILES string of the molecule is CCCCC(CC)CC(C(=O)[O-])C(CC(CC)CCCC)(C(=O)[O-])S(=O)(=O)[O-].[Na+].[Na+].[Na+]. The summed E-state index contributed by atoms with van der Waals surface area (Å²) >= 11 is 0. The van der Waals surface area contributed by atoms with Crippen molar-refractivity contribution in [2.75, 3.05) is 0 Å². The zero-order valence-corrected chi connectivity index (χ0v) is 27.4. The maximum absolute atomic E-state index is 12.2. The molecule has 0 heterocycles. The van der Waals surface area contributed by atoms with Gasteiger partial charge >= 0.3 is 88.7 Å². The molecule has 11 heteroatoms. The van der Waals surface area contributed by atoms with E-state index in [0.717, 1.165) is 25.7 Å².